The molecule has 0 aliphatic heterocycles. The highest BCUT2D eigenvalue weighted by Gasteiger charge is 2.30. The Balaban J connectivity index is 5.10. The highest BCUT2D eigenvalue weighted by atomic mass is 31.2. The van der Waals surface area contributed by atoms with Crippen molar-refractivity contribution in [3.63, 3.8) is 0 Å². The lowest BCUT2D eigenvalue weighted by molar-refractivity contribution is 0.420. The van der Waals surface area contributed by atoms with Crippen molar-refractivity contribution in [2.45, 2.75) is 6.92 Å². The molecule has 0 aromatic rings. The molecule has 0 spiro atoms. The van der Waals surface area contributed by atoms with Crippen molar-refractivity contribution >= 4 is 7.51 Å². The zero-order valence-electron chi connectivity index (χ0n) is 10.5. The van der Waals surface area contributed by atoms with Crippen LogP contribution in [-0.4, -0.2) is 55.8 Å². The molecule has 0 unspecified atom stereocenters. The van der Waals surface area contributed by atoms with Crippen LogP contribution in [-0.2, 0) is 0 Å². The van der Waals surface area contributed by atoms with Crippen molar-refractivity contribution in [2.75, 3.05) is 41.8 Å². The van der Waals surface area contributed by atoms with Gasteiger partial charge in [0, 0.05) is 6.54 Å². The third kappa shape index (κ3) is 3.11. The summed E-state index contributed by atoms with van der Waals surface area (Å²) in [5, 5.41) is 0. The molecule has 90 valence electrons. The van der Waals surface area contributed by atoms with Crippen LogP contribution in [0.3, 0.4) is 0 Å². The Hall–Kier alpha value is -0.220. The number of halogens is 1. The quantitative estimate of drug-likeness (QED) is 0.540. The first-order chi connectivity index (χ1) is 6.93. The van der Waals surface area contributed by atoms with Crippen LogP contribution in [0.15, 0.2) is 17.1 Å². The maximum Gasteiger partial charge on any atom is 0.203 e. The summed E-state index contributed by atoms with van der Waals surface area (Å²) in [4.78, 5) is 3.13. The summed E-state index contributed by atoms with van der Waals surface area (Å²) in [6.45, 7) is 2.64. The highest BCUT2D eigenvalue weighted by Crippen LogP contribution is 2.55. The number of allylic oxidation sites excluding steroid dienone is 1. The molecule has 0 amide bonds. The SMILES string of the molecule is C/C=C/CN(C)P(=NF)(N(C)C)N(C)C. The molecule has 0 bridgehead atoms. The van der Waals surface area contributed by atoms with Crippen LogP contribution in [0.2, 0.25) is 0 Å². The number of nitrogens with zero attached hydrogens (tertiary/aromatic N) is 4. The zero-order valence-corrected chi connectivity index (χ0v) is 11.4. The second-order valence-electron chi connectivity index (χ2n) is 3.72. The van der Waals surface area contributed by atoms with Gasteiger partial charge in [-0.25, -0.2) is 14.0 Å². The van der Waals surface area contributed by atoms with Crippen LogP contribution in [0.5, 0.6) is 0 Å². The topological polar surface area (TPSA) is 22.1 Å². The molecule has 0 heterocycles. The van der Waals surface area contributed by atoms with Crippen LogP contribution in [0.1, 0.15) is 6.92 Å². The first-order valence-electron chi connectivity index (χ1n) is 4.84. The zero-order chi connectivity index (χ0) is 12.1. The lowest BCUT2D eigenvalue weighted by Gasteiger charge is -2.40. The molecule has 0 aliphatic carbocycles. The van der Waals surface area contributed by atoms with Crippen LogP contribution in [0.4, 0.5) is 4.48 Å². The fourth-order valence-electron chi connectivity index (χ4n) is 1.53. The Bertz CT molecular complexity index is 251. The van der Waals surface area contributed by atoms with Gasteiger partial charge in [0.25, 0.3) is 0 Å². The lowest BCUT2D eigenvalue weighted by atomic mass is 10.5. The van der Waals surface area contributed by atoms with Gasteiger partial charge in [0.15, 0.2) is 0 Å². The third-order valence-corrected chi connectivity index (χ3v) is 5.67. The van der Waals surface area contributed by atoms with Gasteiger partial charge >= 0.3 is 0 Å². The molecule has 0 aromatic carbocycles. The lowest BCUT2D eigenvalue weighted by Crippen LogP contribution is -2.32. The van der Waals surface area contributed by atoms with E-state index >= 15 is 0 Å². The van der Waals surface area contributed by atoms with Gasteiger partial charge in [-0.05, 0) is 42.2 Å². The first kappa shape index (κ1) is 14.8. The second-order valence-corrected chi connectivity index (χ2v) is 7.22. The summed E-state index contributed by atoms with van der Waals surface area (Å²) in [5.41, 5.74) is 0. The predicted octanol–water partition coefficient (Wildman–Crippen LogP) is 2.45. The summed E-state index contributed by atoms with van der Waals surface area (Å²) in [6.07, 6.45) is 3.95. The standard InChI is InChI=1S/C9H22FN4P/c1-7-8-9-14(6)15(11-10,12(2)3)13(4)5/h7-8H,9H2,1-6H3/b8-7+. The van der Waals surface area contributed by atoms with E-state index in [1.54, 1.807) is 0 Å². The van der Waals surface area contributed by atoms with Gasteiger partial charge in [0.2, 0.25) is 7.51 Å². The van der Waals surface area contributed by atoms with E-state index in [-0.39, 0.29) is 0 Å². The average molecular weight is 236 g/mol. The minimum Gasteiger partial charge on any atom is -0.250 e. The Labute approximate surface area is 92.5 Å². The van der Waals surface area contributed by atoms with E-state index in [1.807, 2.05) is 68.3 Å². The van der Waals surface area contributed by atoms with Crippen LogP contribution in [0, 0.1) is 0 Å². The van der Waals surface area contributed by atoms with E-state index < -0.39 is 7.51 Å². The fraction of sp³-hybridized carbons (Fsp3) is 0.778. The van der Waals surface area contributed by atoms with Gasteiger partial charge in [-0.2, -0.15) is 0 Å². The number of rotatable bonds is 5. The molecule has 0 aliphatic rings. The van der Waals surface area contributed by atoms with Gasteiger partial charge in [-0.3, -0.25) is 0 Å². The van der Waals surface area contributed by atoms with E-state index in [9.17, 15) is 4.48 Å². The van der Waals surface area contributed by atoms with E-state index in [4.69, 9.17) is 0 Å². The second kappa shape index (κ2) is 6.38. The van der Waals surface area contributed by atoms with Crippen molar-refractivity contribution in [2.24, 2.45) is 4.97 Å². The van der Waals surface area contributed by atoms with Crippen molar-refractivity contribution < 1.29 is 4.48 Å². The highest BCUT2D eigenvalue weighted by molar-refractivity contribution is 7.58. The summed E-state index contributed by atoms with van der Waals surface area (Å²) in [7, 11) is 6.95. The largest absolute Gasteiger partial charge is 0.250 e. The molecule has 0 aromatic heterocycles. The van der Waals surface area contributed by atoms with Crippen LogP contribution >= 0.6 is 7.51 Å². The molecular formula is C9H22FN4P. The maximum atomic E-state index is 13.0. The van der Waals surface area contributed by atoms with Crippen molar-refractivity contribution in [3.8, 4) is 0 Å². The van der Waals surface area contributed by atoms with Gasteiger partial charge in [-0.15, -0.1) is 0 Å². The third-order valence-electron chi connectivity index (χ3n) is 2.24. The van der Waals surface area contributed by atoms with Crippen LogP contribution in [0.25, 0.3) is 0 Å². The van der Waals surface area contributed by atoms with E-state index in [0.29, 0.717) is 6.54 Å². The molecule has 0 saturated carbocycles. The monoisotopic (exact) mass is 236 g/mol. The van der Waals surface area contributed by atoms with Gasteiger partial charge in [0.05, 0.1) is 0 Å². The minimum atomic E-state index is -2.33. The predicted molar refractivity (Wildman–Crippen MR) is 65.3 cm³/mol. The molecule has 0 atom stereocenters. The van der Waals surface area contributed by atoms with Crippen LogP contribution < -0.4 is 0 Å². The maximum absolute atomic E-state index is 13.0. The molecule has 0 rings (SSSR count). The smallest absolute Gasteiger partial charge is 0.203 e. The summed E-state index contributed by atoms with van der Waals surface area (Å²) in [5.74, 6) is 0. The van der Waals surface area contributed by atoms with Crippen molar-refractivity contribution in [3.05, 3.63) is 12.2 Å². The van der Waals surface area contributed by atoms with Crippen molar-refractivity contribution in [1.29, 1.82) is 0 Å². The molecule has 0 N–H and O–H groups in total. The molecule has 15 heavy (non-hydrogen) atoms. The normalized spacial score (nSPS) is 13.5. The van der Waals surface area contributed by atoms with E-state index in [0.717, 1.165) is 0 Å². The number of hydrogen-bond donors (Lipinski definition) is 0. The summed E-state index contributed by atoms with van der Waals surface area (Å²) >= 11 is 0. The van der Waals surface area contributed by atoms with Gasteiger partial charge < -0.3 is 0 Å². The Morgan fingerprint density at radius 2 is 1.60 bits per heavy atom. The molecule has 6 heteroatoms. The first-order valence-corrected chi connectivity index (χ1v) is 6.44. The molecule has 4 nitrogen and oxygen atoms in total. The fourth-order valence-corrected chi connectivity index (χ4v) is 4.17. The Kier molecular flexibility index (Phi) is 6.29. The average Bonchev–Trinajstić information content (AvgIpc) is 2.15. The number of likely N-dealkylation sites (N-methyl/N-ethyl adjacent to an activating group) is 1. The summed E-state index contributed by atoms with van der Waals surface area (Å²) in [6, 6.07) is 0. The van der Waals surface area contributed by atoms with E-state index in [2.05, 4.69) is 4.97 Å². The van der Waals surface area contributed by atoms with Crippen molar-refractivity contribution in [1.82, 2.24) is 14.0 Å². The minimum absolute atomic E-state index is 0.689. The number of hydrogen-bond acceptors (Lipinski definition) is 1. The molecular weight excluding hydrogens is 214 g/mol. The molecule has 0 fully saturated rings. The van der Waals surface area contributed by atoms with Gasteiger partial charge in [-0.1, -0.05) is 21.6 Å². The van der Waals surface area contributed by atoms with Gasteiger partial charge in [0.1, 0.15) is 0 Å². The Morgan fingerprint density at radius 3 is 1.87 bits per heavy atom. The Morgan fingerprint density at radius 1 is 1.13 bits per heavy atom. The summed E-state index contributed by atoms with van der Waals surface area (Å²) < 4.78 is 18.6. The molecule has 0 saturated heterocycles. The molecule has 0 radical (unpaired) electrons. The van der Waals surface area contributed by atoms with E-state index in [1.165, 1.54) is 0 Å².